The molecule has 1 fully saturated rings. The maximum atomic E-state index is 9.53. The molecule has 1 N–H and O–H groups in total. The zero-order chi connectivity index (χ0) is 14.1. The Labute approximate surface area is 117 Å². The number of ether oxygens (including phenoxy) is 1. The summed E-state index contributed by atoms with van der Waals surface area (Å²) >= 11 is 0. The van der Waals surface area contributed by atoms with Gasteiger partial charge >= 0.3 is 0 Å². The van der Waals surface area contributed by atoms with Gasteiger partial charge in [0.15, 0.2) is 6.61 Å². The quantitative estimate of drug-likeness (QED) is 0.908. The fraction of sp³-hybridized carbons (Fsp3) is 0.467. The summed E-state index contributed by atoms with van der Waals surface area (Å²) in [4.78, 5) is 4.32. The zero-order valence-electron chi connectivity index (χ0n) is 11.7. The first-order chi connectivity index (χ1) is 9.63. The molecule has 1 heterocycles. The molecule has 0 radical (unpaired) electrons. The lowest BCUT2D eigenvalue weighted by molar-refractivity contribution is 0.199. The molecular weight excluding hydrogens is 256 g/mol. The van der Waals surface area contributed by atoms with Crippen LogP contribution in [0, 0.1) is 6.92 Å². The molecule has 20 heavy (non-hydrogen) atoms. The van der Waals surface area contributed by atoms with Crippen molar-refractivity contribution in [1.29, 1.82) is 0 Å². The molecule has 3 rings (SSSR count). The van der Waals surface area contributed by atoms with Gasteiger partial charge in [0.05, 0.1) is 6.10 Å². The summed E-state index contributed by atoms with van der Waals surface area (Å²) in [5, 5.41) is 13.5. The zero-order valence-corrected chi connectivity index (χ0v) is 11.7. The lowest BCUT2D eigenvalue weighted by Gasteiger charge is -2.10. The molecular formula is C15H18N2O3. The number of hydrogen-bond acceptors (Lipinski definition) is 5. The third-order valence-electron chi connectivity index (χ3n) is 3.45. The summed E-state index contributed by atoms with van der Waals surface area (Å²) in [5.74, 6) is 2.53. The molecule has 0 saturated heterocycles. The number of aromatic nitrogens is 2. The van der Waals surface area contributed by atoms with Crippen molar-refractivity contribution in [2.75, 3.05) is 0 Å². The van der Waals surface area contributed by atoms with Crippen LogP contribution in [0.1, 0.15) is 54.6 Å². The van der Waals surface area contributed by atoms with Gasteiger partial charge in [-0.15, -0.1) is 0 Å². The molecule has 0 aliphatic heterocycles. The second-order valence-corrected chi connectivity index (χ2v) is 5.31. The van der Waals surface area contributed by atoms with Crippen molar-refractivity contribution in [2.45, 2.75) is 45.3 Å². The highest BCUT2D eigenvalue weighted by Crippen LogP contribution is 2.38. The molecule has 5 nitrogen and oxygen atoms in total. The maximum Gasteiger partial charge on any atom is 0.229 e. The Morgan fingerprint density at radius 1 is 1.45 bits per heavy atom. The van der Waals surface area contributed by atoms with Crippen LogP contribution in [0.25, 0.3) is 0 Å². The minimum Gasteiger partial charge on any atom is -0.485 e. The van der Waals surface area contributed by atoms with Gasteiger partial charge in [0.25, 0.3) is 0 Å². The normalized spacial score (nSPS) is 16.1. The van der Waals surface area contributed by atoms with Gasteiger partial charge in [-0.25, -0.2) is 0 Å². The molecule has 2 aromatic rings. The molecule has 1 aliphatic rings. The Morgan fingerprint density at radius 2 is 2.25 bits per heavy atom. The van der Waals surface area contributed by atoms with Crippen LogP contribution in [0.5, 0.6) is 5.75 Å². The summed E-state index contributed by atoms with van der Waals surface area (Å²) < 4.78 is 10.9. The maximum absolute atomic E-state index is 9.53. The van der Waals surface area contributed by atoms with E-state index < -0.39 is 6.10 Å². The predicted octanol–water partition coefficient (Wildman–Crippen LogP) is 2.89. The van der Waals surface area contributed by atoms with Gasteiger partial charge in [0, 0.05) is 5.92 Å². The van der Waals surface area contributed by atoms with E-state index in [2.05, 4.69) is 10.1 Å². The van der Waals surface area contributed by atoms with Gasteiger partial charge in [0.2, 0.25) is 11.7 Å². The molecule has 1 aromatic carbocycles. The van der Waals surface area contributed by atoms with Gasteiger partial charge in [-0.3, -0.25) is 0 Å². The van der Waals surface area contributed by atoms with E-state index in [4.69, 9.17) is 9.26 Å². The van der Waals surface area contributed by atoms with Crippen LogP contribution in [-0.2, 0) is 6.61 Å². The van der Waals surface area contributed by atoms with Crippen LogP contribution in [0.15, 0.2) is 22.7 Å². The monoisotopic (exact) mass is 274 g/mol. The molecule has 1 aromatic heterocycles. The summed E-state index contributed by atoms with van der Waals surface area (Å²) in [5.41, 5.74) is 1.86. The Morgan fingerprint density at radius 3 is 2.90 bits per heavy atom. The first-order valence-corrected chi connectivity index (χ1v) is 6.87. The Kier molecular flexibility index (Phi) is 3.44. The minimum absolute atomic E-state index is 0.297. The van der Waals surface area contributed by atoms with Crippen molar-refractivity contribution in [3.8, 4) is 5.75 Å². The van der Waals surface area contributed by atoms with E-state index in [0.717, 1.165) is 35.6 Å². The Bertz CT molecular complexity index is 603. The molecule has 1 atom stereocenters. The Balaban J connectivity index is 1.65. The highest BCUT2D eigenvalue weighted by atomic mass is 16.5. The molecule has 0 bridgehead atoms. The van der Waals surface area contributed by atoms with E-state index >= 15 is 0 Å². The topological polar surface area (TPSA) is 68.4 Å². The minimum atomic E-state index is -0.471. The van der Waals surface area contributed by atoms with Gasteiger partial charge in [0.1, 0.15) is 5.75 Å². The highest BCUT2D eigenvalue weighted by molar-refractivity contribution is 5.36. The fourth-order valence-electron chi connectivity index (χ4n) is 2.06. The van der Waals surface area contributed by atoms with Crippen molar-refractivity contribution in [3.05, 3.63) is 41.0 Å². The predicted molar refractivity (Wildman–Crippen MR) is 72.4 cm³/mol. The number of nitrogens with zero attached hydrogens (tertiary/aromatic N) is 2. The fourth-order valence-corrected chi connectivity index (χ4v) is 2.06. The van der Waals surface area contributed by atoms with Crippen LogP contribution in [0.2, 0.25) is 0 Å². The first kappa shape index (κ1) is 13.1. The number of rotatable bonds is 5. The molecule has 0 amide bonds. The van der Waals surface area contributed by atoms with Crippen LogP contribution in [0.4, 0.5) is 0 Å². The number of aliphatic hydroxyl groups is 1. The third kappa shape index (κ3) is 2.82. The van der Waals surface area contributed by atoms with Gasteiger partial charge in [-0.2, -0.15) is 4.98 Å². The van der Waals surface area contributed by atoms with Crippen LogP contribution in [0.3, 0.4) is 0 Å². The van der Waals surface area contributed by atoms with Crippen LogP contribution >= 0.6 is 0 Å². The van der Waals surface area contributed by atoms with Gasteiger partial charge in [-0.05, 0) is 49.9 Å². The summed E-state index contributed by atoms with van der Waals surface area (Å²) in [6.07, 6.45) is 1.81. The first-order valence-electron chi connectivity index (χ1n) is 6.87. The highest BCUT2D eigenvalue weighted by Gasteiger charge is 2.29. The molecule has 1 saturated carbocycles. The Hall–Kier alpha value is -1.88. The number of aliphatic hydroxyl groups excluding tert-OH is 1. The summed E-state index contributed by atoms with van der Waals surface area (Å²) in [6.45, 7) is 3.99. The van der Waals surface area contributed by atoms with Crippen molar-refractivity contribution < 1.29 is 14.4 Å². The number of benzene rings is 1. The third-order valence-corrected chi connectivity index (χ3v) is 3.45. The van der Waals surface area contributed by atoms with Crippen LogP contribution in [-0.4, -0.2) is 15.2 Å². The molecule has 0 spiro atoms. The van der Waals surface area contributed by atoms with E-state index in [1.807, 2.05) is 25.1 Å². The molecule has 1 unspecified atom stereocenters. The lowest BCUT2D eigenvalue weighted by Crippen LogP contribution is -2.00. The summed E-state index contributed by atoms with van der Waals surface area (Å²) in [7, 11) is 0. The lowest BCUT2D eigenvalue weighted by atomic mass is 10.1. The van der Waals surface area contributed by atoms with E-state index in [9.17, 15) is 5.11 Å². The van der Waals surface area contributed by atoms with Crippen molar-refractivity contribution in [3.63, 3.8) is 0 Å². The summed E-state index contributed by atoms with van der Waals surface area (Å²) in [6, 6.07) is 5.64. The van der Waals surface area contributed by atoms with E-state index in [1.54, 1.807) is 6.92 Å². The number of aryl methyl sites for hydroxylation is 1. The average Bonchev–Trinajstić information content (AvgIpc) is 3.17. The second-order valence-electron chi connectivity index (χ2n) is 5.31. The van der Waals surface area contributed by atoms with Crippen LogP contribution < -0.4 is 4.74 Å². The largest absolute Gasteiger partial charge is 0.485 e. The SMILES string of the molecule is Cc1cc(C(C)O)ccc1OCc1noc(C2CC2)n1. The van der Waals surface area contributed by atoms with E-state index in [0.29, 0.717) is 18.3 Å². The van der Waals surface area contributed by atoms with Gasteiger partial charge < -0.3 is 14.4 Å². The number of hydrogen-bond donors (Lipinski definition) is 1. The van der Waals surface area contributed by atoms with Gasteiger partial charge in [-0.1, -0.05) is 11.2 Å². The smallest absolute Gasteiger partial charge is 0.229 e. The molecule has 1 aliphatic carbocycles. The molecule has 106 valence electrons. The van der Waals surface area contributed by atoms with E-state index in [1.165, 1.54) is 0 Å². The standard InChI is InChI=1S/C15H18N2O3/c1-9-7-12(10(2)18)5-6-13(9)19-8-14-16-15(20-17-14)11-3-4-11/h5-7,10-11,18H,3-4,8H2,1-2H3. The van der Waals surface area contributed by atoms with Crippen molar-refractivity contribution in [2.24, 2.45) is 0 Å². The van der Waals surface area contributed by atoms with Crippen molar-refractivity contribution >= 4 is 0 Å². The van der Waals surface area contributed by atoms with Crippen molar-refractivity contribution in [1.82, 2.24) is 10.1 Å². The average molecular weight is 274 g/mol. The second kappa shape index (κ2) is 5.25. The molecule has 5 heteroatoms. The van der Waals surface area contributed by atoms with E-state index in [-0.39, 0.29) is 0 Å².